The smallest absolute Gasteiger partial charge is 0.423 e. The highest BCUT2D eigenvalue weighted by atomic mass is 16.5. The Labute approximate surface area is 138 Å². The molecule has 7 heteroatoms. The summed E-state index contributed by atoms with van der Waals surface area (Å²) in [6.07, 6.45) is 1.83. The van der Waals surface area contributed by atoms with Crippen molar-refractivity contribution in [3.8, 4) is 5.69 Å². The number of Topliss-reactive ketones (excluding diaryl/α,β-unsaturated/α-hetero) is 1. The van der Waals surface area contributed by atoms with Gasteiger partial charge < -0.3 is 9.68 Å². The number of fused-ring (bicyclic) bond motifs is 1. The molecule has 1 N–H and O–H groups in total. The Balaban J connectivity index is 1.53. The SMILES string of the molecule is O=C(Cc1ccc2c(c1)B(O)OC2)c1cn(-c2ccccc2)nn1. The van der Waals surface area contributed by atoms with Crippen LogP contribution < -0.4 is 5.46 Å². The van der Waals surface area contributed by atoms with E-state index >= 15 is 0 Å². The van der Waals surface area contributed by atoms with E-state index in [0.717, 1.165) is 22.3 Å². The van der Waals surface area contributed by atoms with Gasteiger partial charge in [-0.05, 0) is 28.7 Å². The van der Waals surface area contributed by atoms with Gasteiger partial charge in [-0.15, -0.1) is 5.10 Å². The van der Waals surface area contributed by atoms with Crippen LogP contribution in [0.15, 0.2) is 54.7 Å². The number of carbonyl (C=O) groups excluding carboxylic acids is 1. The van der Waals surface area contributed by atoms with Crippen LogP contribution in [-0.4, -0.2) is 32.9 Å². The van der Waals surface area contributed by atoms with Crippen LogP contribution in [0.25, 0.3) is 5.69 Å². The lowest BCUT2D eigenvalue weighted by atomic mass is 9.78. The Bertz CT molecular complexity index is 895. The lowest BCUT2D eigenvalue weighted by molar-refractivity contribution is 0.0988. The average Bonchev–Trinajstić information content (AvgIpc) is 3.24. The van der Waals surface area contributed by atoms with E-state index in [2.05, 4.69) is 10.3 Å². The van der Waals surface area contributed by atoms with Crippen molar-refractivity contribution >= 4 is 18.4 Å². The maximum absolute atomic E-state index is 12.4. The van der Waals surface area contributed by atoms with Gasteiger partial charge in [0.1, 0.15) is 5.69 Å². The minimum atomic E-state index is -0.908. The van der Waals surface area contributed by atoms with Gasteiger partial charge in [-0.1, -0.05) is 41.6 Å². The van der Waals surface area contributed by atoms with Crippen molar-refractivity contribution in [3.63, 3.8) is 0 Å². The second-order valence-electron chi connectivity index (χ2n) is 5.68. The third-order valence-electron chi connectivity index (χ3n) is 4.04. The van der Waals surface area contributed by atoms with E-state index in [4.69, 9.17) is 4.65 Å². The first-order chi connectivity index (χ1) is 11.7. The van der Waals surface area contributed by atoms with Crippen molar-refractivity contribution in [3.05, 3.63) is 71.5 Å². The van der Waals surface area contributed by atoms with E-state index in [9.17, 15) is 9.82 Å². The fraction of sp³-hybridized carbons (Fsp3) is 0.118. The third-order valence-corrected chi connectivity index (χ3v) is 4.04. The molecule has 6 nitrogen and oxygen atoms in total. The number of hydrogen-bond donors (Lipinski definition) is 1. The molecule has 0 saturated heterocycles. The Morgan fingerprint density at radius 1 is 1.25 bits per heavy atom. The van der Waals surface area contributed by atoms with Gasteiger partial charge in [0.25, 0.3) is 0 Å². The van der Waals surface area contributed by atoms with Gasteiger partial charge >= 0.3 is 7.12 Å². The van der Waals surface area contributed by atoms with Gasteiger partial charge in [0, 0.05) is 6.42 Å². The largest absolute Gasteiger partial charge is 0.491 e. The number of nitrogens with zero attached hydrogens (tertiary/aromatic N) is 3. The highest BCUT2D eigenvalue weighted by molar-refractivity contribution is 6.61. The summed E-state index contributed by atoms with van der Waals surface area (Å²) >= 11 is 0. The molecule has 3 aromatic rings. The van der Waals surface area contributed by atoms with E-state index < -0.39 is 7.12 Å². The molecule has 0 saturated carbocycles. The Kier molecular flexibility index (Phi) is 3.72. The fourth-order valence-electron chi connectivity index (χ4n) is 2.75. The predicted octanol–water partition coefficient (Wildman–Crippen LogP) is 0.910. The Hall–Kier alpha value is -2.77. The van der Waals surface area contributed by atoms with Gasteiger partial charge in [0.2, 0.25) is 0 Å². The molecule has 0 radical (unpaired) electrons. The van der Waals surface area contributed by atoms with E-state index in [-0.39, 0.29) is 12.2 Å². The molecule has 4 rings (SSSR count). The zero-order chi connectivity index (χ0) is 16.5. The van der Waals surface area contributed by atoms with Crippen molar-refractivity contribution < 1.29 is 14.5 Å². The van der Waals surface area contributed by atoms with Gasteiger partial charge in [-0.2, -0.15) is 0 Å². The normalized spacial score (nSPS) is 13.1. The summed E-state index contributed by atoms with van der Waals surface area (Å²) in [5.74, 6) is -0.120. The van der Waals surface area contributed by atoms with E-state index in [1.165, 1.54) is 0 Å². The number of para-hydroxylation sites is 1. The molecular weight excluding hydrogens is 305 g/mol. The molecule has 1 aliphatic heterocycles. The van der Waals surface area contributed by atoms with Crippen molar-refractivity contribution in [1.29, 1.82) is 0 Å². The highest BCUT2D eigenvalue weighted by Crippen LogP contribution is 2.13. The zero-order valence-corrected chi connectivity index (χ0v) is 12.8. The maximum atomic E-state index is 12.4. The van der Waals surface area contributed by atoms with Crippen LogP contribution in [-0.2, 0) is 17.7 Å². The van der Waals surface area contributed by atoms with Crippen molar-refractivity contribution in [2.24, 2.45) is 0 Å². The number of hydrogen-bond acceptors (Lipinski definition) is 5. The van der Waals surface area contributed by atoms with Crippen LogP contribution in [0.3, 0.4) is 0 Å². The summed E-state index contributed by atoms with van der Waals surface area (Å²) in [4.78, 5) is 12.4. The molecule has 1 aromatic heterocycles. The molecule has 0 bridgehead atoms. The van der Waals surface area contributed by atoms with Crippen LogP contribution in [0.4, 0.5) is 0 Å². The molecule has 2 aromatic carbocycles. The minimum absolute atomic E-state index is 0.120. The van der Waals surface area contributed by atoms with Gasteiger partial charge in [-0.3, -0.25) is 4.79 Å². The van der Waals surface area contributed by atoms with E-state index in [1.807, 2.05) is 48.5 Å². The van der Waals surface area contributed by atoms with Crippen LogP contribution in [0.2, 0.25) is 0 Å². The van der Waals surface area contributed by atoms with Crippen molar-refractivity contribution in [1.82, 2.24) is 15.0 Å². The summed E-state index contributed by atoms with van der Waals surface area (Å²) < 4.78 is 6.74. The number of ketones is 1. The molecule has 1 aliphatic rings. The first-order valence-electron chi connectivity index (χ1n) is 7.63. The van der Waals surface area contributed by atoms with Crippen LogP contribution in [0.5, 0.6) is 0 Å². The first-order valence-corrected chi connectivity index (χ1v) is 7.63. The van der Waals surface area contributed by atoms with Crippen LogP contribution in [0.1, 0.15) is 21.6 Å². The Morgan fingerprint density at radius 2 is 2.08 bits per heavy atom. The van der Waals surface area contributed by atoms with Gasteiger partial charge in [-0.25, -0.2) is 4.68 Å². The maximum Gasteiger partial charge on any atom is 0.491 e. The third kappa shape index (κ3) is 2.75. The summed E-state index contributed by atoms with van der Waals surface area (Å²) in [6.45, 7) is 0.399. The fourth-order valence-corrected chi connectivity index (χ4v) is 2.75. The number of aromatic nitrogens is 3. The second-order valence-corrected chi connectivity index (χ2v) is 5.68. The molecule has 0 unspecified atom stereocenters. The number of carbonyl (C=O) groups is 1. The zero-order valence-electron chi connectivity index (χ0n) is 12.8. The number of benzene rings is 2. The summed E-state index contributed by atoms with van der Waals surface area (Å²) in [7, 11) is -0.908. The summed E-state index contributed by atoms with van der Waals surface area (Å²) in [6, 6.07) is 15.1. The molecule has 0 fully saturated rings. The topological polar surface area (TPSA) is 77.2 Å². The standard InChI is InChI=1S/C17H14BN3O3/c22-17(9-12-6-7-13-11-24-18(23)15(13)8-12)16-10-21(20-19-16)14-4-2-1-3-5-14/h1-8,10,23H,9,11H2. The monoisotopic (exact) mass is 319 g/mol. The van der Waals surface area contributed by atoms with E-state index in [0.29, 0.717) is 12.3 Å². The van der Waals surface area contributed by atoms with E-state index in [1.54, 1.807) is 10.9 Å². The minimum Gasteiger partial charge on any atom is -0.423 e. The molecule has 0 atom stereocenters. The average molecular weight is 319 g/mol. The molecule has 2 heterocycles. The van der Waals surface area contributed by atoms with Gasteiger partial charge in [0.15, 0.2) is 5.78 Å². The molecule has 118 valence electrons. The predicted molar refractivity (Wildman–Crippen MR) is 88.2 cm³/mol. The lowest BCUT2D eigenvalue weighted by Gasteiger charge is -2.03. The molecule has 0 spiro atoms. The lowest BCUT2D eigenvalue weighted by Crippen LogP contribution is -2.28. The highest BCUT2D eigenvalue weighted by Gasteiger charge is 2.27. The molecule has 0 amide bonds. The van der Waals surface area contributed by atoms with Crippen molar-refractivity contribution in [2.75, 3.05) is 0 Å². The number of rotatable bonds is 4. The molecule has 0 aliphatic carbocycles. The van der Waals surface area contributed by atoms with Crippen molar-refractivity contribution in [2.45, 2.75) is 13.0 Å². The van der Waals surface area contributed by atoms with Crippen LogP contribution >= 0.6 is 0 Å². The first kappa shape index (κ1) is 14.8. The van der Waals surface area contributed by atoms with Crippen LogP contribution in [0, 0.1) is 0 Å². The molecule has 24 heavy (non-hydrogen) atoms. The summed E-state index contributed by atoms with van der Waals surface area (Å²) in [5, 5.41) is 17.7. The second kappa shape index (κ2) is 6.03. The summed E-state index contributed by atoms with van der Waals surface area (Å²) in [5.41, 5.74) is 3.66. The quantitative estimate of drug-likeness (QED) is 0.571. The Morgan fingerprint density at radius 3 is 2.92 bits per heavy atom. The molecular formula is C17H14BN3O3. The van der Waals surface area contributed by atoms with Gasteiger partial charge in [0.05, 0.1) is 18.5 Å².